The first-order valence-electron chi connectivity index (χ1n) is 8.59. The molecule has 0 bridgehead atoms. The molecule has 5 nitrogen and oxygen atoms in total. The highest BCUT2D eigenvalue weighted by Gasteiger charge is 2.19. The molecule has 1 saturated heterocycles. The van der Waals surface area contributed by atoms with E-state index in [1.807, 2.05) is 6.07 Å². The van der Waals surface area contributed by atoms with E-state index in [4.69, 9.17) is 4.74 Å². The minimum atomic E-state index is -0.413. The van der Waals surface area contributed by atoms with Crippen molar-refractivity contribution in [3.8, 4) is 11.6 Å². The maximum atomic E-state index is 13.8. The molecule has 0 aliphatic carbocycles. The van der Waals surface area contributed by atoms with Crippen molar-refractivity contribution >= 4 is 11.5 Å². The van der Waals surface area contributed by atoms with Crippen molar-refractivity contribution in [3.63, 3.8) is 0 Å². The zero-order valence-corrected chi connectivity index (χ0v) is 14.3. The SMILES string of the molecule is Fc1ccccc1Oc1cc(N2CCN(c3ccccc3)CC2)ncn1. The Kier molecular flexibility index (Phi) is 4.64. The summed E-state index contributed by atoms with van der Waals surface area (Å²) in [6, 6.07) is 18.4. The number of aromatic nitrogens is 2. The van der Waals surface area contributed by atoms with Gasteiger partial charge in [-0.1, -0.05) is 30.3 Å². The first kappa shape index (κ1) is 16.3. The van der Waals surface area contributed by atoms with Crippen LogP contribution in [-0.2, 0) is 0 Å². The van der Waals surface area contributed by atoms with Gasteiger partial charge in [-0.25, -0.2) is 14.4 Å². The Balaban J connectivity index is 1.44. The van der Waals surface area contributed by atoms with E-state index < -0.39 is 5.82 Å². The molecule has 0 saturated carbocycles. The van der Waals surface area contributed by atoms with Gasteiger partial charge in [-0.2, -0.15) is 0 Å². The summed E-state index contributed by atoms with van der Waals surface area (Å²) in [5, 5.41) is 0. The highest BCUT2D eigenvalue weighted by Crippen LogP contribution is 2.25. The number of piperazine rings is 1. The molecule has 2 heterocycles. The first-order chi connectivity index (χ1) is 12.8. The van der Waals surface area contributed by atoms with E-state index >= 15 is 0 Å². The summed E-state index contributed by atoms with van der Waals surface area (Å²) in [5.74, 6) is 0.875. The number of para-hydroxylation sites is 2. The minimum Gasteiger partial charge on any atom is -0.436 e. The second-order valence-electron chi connectivity index (χ2n) is 6.06. The molecule has 1 aliphatic heterocycles. The van der Waals surface area contributed by atoms with Crippen molar-refractivity contribution in [1.29, 1.82) is 0 Å². The molecule has 0 radical (unpaired) electrons. The monoisotopic (exact) mass is 350 g/mol. The van der Waals surface area contributed by atoms with Crippen molar-refractivity contribution in [3.05, 3.63) is 72.8 Å². The van der Waals surface area contributed by atoms with Gasteiger partial charge in [0.1, 0.15) is 12.1 Å². The average Bonchev–Trinajstić information content (AvgIpc) is 2.71. The summed E-state index contributed by atoms with van der Waals surface area (Å²) in [6.45, 7) is 3.53. The van der Waals surface area contributed by atoms with Crippen LogP contribution in [-0.4, -0.2) is 36.1 Å². The van der Waals surface area contributed by atoms with Crippen LogP contribution in [0.5, 0.6) is 11.6 Å². The maximum Gasteiger partial charge on any atom is 0.224 e. The lowest BCUT2D eigenvalue weighted by Gasteiger charge is -2.36. The first-order valence-corrected chi connectivity index (χ1v) is 8.59. The van der Waals surface area contributed by atoms with Crippen LogP contribution in [0.25, 0.3) is 0 Å². The highest BCUT2D eigenvalue weighted by molar-refractivity contribution is 5.49. The van der Waals surface area contributed by atoms with Gasteiger partial charge < -0.3 is 14.5 Å². The van der Waals surface area contributed by atoms with Crippen LogP contribution in [0, 0.1) is 5.82 Å². The Morgan fingerprint density at radius 3 is 2.27 bits per heavy atom. The average molecular weight is 350 g/mol. The zero-order chi connectivity index (χ0) is 17.8. The van der Waals surface area contributed by atoms with Crippen LogP contribution in [0.15, 0.2) is 67.0 Å². The van der Waals surface area contributed by atoms with Crippen LogP contribution in [0.1, 0.15) is 0 Å². The molecule has 0 atom stereocenters. The molecule has 1 aromatic heterocycles. The normalized spacial score (nSPS) is 14.3. The Morgan fingerprint density at radius 1 is 0.808 bits per heavy atom. The van der Waals surface area contributed by atoms with Gasteiger partial charge in [0.25, 0.3) is 0 Å². The van der Waals surface area contributed by atoms with Crippen LogP contribution < -0.4 is 14.5 Å². The van der Waals surface area contributed by atoms with Crippen molar-refractivity contribution in [2.24, 2.45) is 0 Å². The molecule has 0 unspecified atom stereocenters. The van der Waals surface area contributed by atoms with E-state index in [-0.39, 0.29) is 5.75 Å². The summed E-state index contributed by atoms with van der Waals surface area (Å²) >= 11 is 0. The molecule has 3 aromatic rings. The highest BCUT2D eigenvalue weighted by atomic mass is 19.1. The number of anilines is 2. The predicted molar refractivity (Wildman–Crippen MR) is 99.4 cm³/mol. The molecular formula is C20H19FN4O. The van der Waals surface area contributed by atoms with Gasteiger partial charge >= 0.3 is 0 Å². The van der Waals surface area contributed by atoms with E-state index in [9.17, 15) is 4.39 Å². The molecule has 26 heavy (non-hydrogen) atoms. The topological polar surface area (TPSA) is 41.5 Å². The molecule has 2 aromatic carbocycles. The number of nitrogens with zero attached hydrogens (tertiary/aromatic N) is 4. The fraction of sp³-hybridized carbons (Fsp3) is 0.200. The Morgan fingerprint density at radius 2 is 1.50 bits per heavy atom. The fourth-order valence-electron chi connectivity index (χ4n) is 3.03. The van der Waals surface area contributed by atoms with E-state index in [1.54, 1.807) is 24.3 Å². The fourth-order valence-corrected chi connectivity index (χ4v) is 3.03. The molecule has 0 N–H and O–H groups in total. The predicted octanol–water partition coefficient (Wildman–Crippen LogP) is 3.73. The van der Waals surface area contributed by atoms with Crippen molar-refractivity contribution in [2.75, 3.05) is 36.0 Å². The van der Waals surface area contributed by atoms with Gasteiger partial charge in [0.05, 0.1) is 0 Å². The second-order valence-corrected chi connectivity index (χ2v) is 6.06. The van der Waals surface area contributed by atoms with Gasteiger partial charge in [-0.15, -0.1) is 0 Å². The van der Waals surface area contributed by atoms with Gasteiger partial charge in [0.2, 0.25) is 5.88 Å². The molecule has 1 aliphatic rings. The molecule has 1 fully saturated rings. The summed E-state index contributed by atoms with van der Waals surface area (Å²) in [4.78, 5) is 13.0. The largest absolute Gasteiger partial charge is 0.436 e. The number of halogens is 1. The molecule has 4 rings (SSSR count). The standard InChI is InChI=1S/C20H19FN4O/c21-17-8-4-5-9-18(17)26-20-14-19(22-15-23-20)25-12-10-24(11-13-25)16-6-2-1-3-7-16/h1-9,14-15H,10-13H2. The quantitative estimate of drug-likeness (QED) is 0.717. The van der Waals surface area contributed by atoms with Gasteiger partial charge in [-0.05, 0) is 24.3 Å². The number of hydrogen-bond acceptors (Lipinski definition) is 5. The van der Waals surface area contributed by atoms with E-state index in [1.165, 1.54) is 18.1 Å². The molecule has 0 amide bonds. The smallest absolute Gasteiger partial charge is 0.224 e. The molecule has 132 valence electrons. The summed E-state index contributed by atoms with van der Waals surface area (Å²) in [7, 11) is 0. The summed E-state index contributed by atoms with van der Waals surface area (Å²) < 4.78 is 19.3. The zero-order valence-electron chi connectivity index (χ0n) is 14.3. The minimum absolute atomic E-state index is 0.158. The van der Waals surface area contributed by atoms with Crippen molar-refractivity contribution in [2.45, 2.75) is 0 Å². The van der Waals surface area contributed by atoms with Gasteiger partial charge in [-0.3, -0.25) is 0 Å². The van der Waals surface area contributed by atoms with Crippen molar-refractivity contribution < 1.29 is 9.13 Å². The van der Waals surface area contributed by atoms with Crippen LogP contribution in [0.3, 0.4) is 0 Å². The lowest BCUT2D eigenvalue weighted by atomic mass is 10.2. The number of benzene rings is 2. The summed E-state index contributed by atoms with van der Waals surface area (Å²) in [6.07, 6.45) is 1.45. The van der Waals surface area contributed by atoms with Crippen LogP contribution in [0.2, 0.25) is 0 Å². The molecular weight excluding hydrogens is 331 g/mol. The summed E-state index contributed by atoms with van der Waals surface area (Å²) in [5.41, 5.74) is 1.23. The van der Waals surface area contributed by atoms with Gasteiger partial charge in [0.15, 0.2) is 11.6 Å². The van der Waals surface area contributed by atoms with Crippen LogP contribution >= 0.6 is 0 Å². The Bertz CT molecular complexity index is 866. The van der Waals surface area contributed by atoms with Crippen molar-refractivity contribution in [1.82, 2.24) is 9.97 Å². The maximum absolute atomic E-state index is 13.8. The van der Waals surface area contributed by atoms with Gasteiger partial charge in [0, 0.05) is 37.9 Å². The van der Waals surface area contributed by atoms with E-state index in [2.05, 4.69) is 44.0 Å². The number of rotatable bonds is 4. The number of hydrogen-bond donors (Lipinski definition) is 0. The van der Waals surface area contributed by atoms with E-state index in [0.717, 1.165) is 32.0 Å². The third kappa shape index (κ3) is 3.59. The third-order valence-electron chi connectivity index (χ3n) is 4.40. The second kappa shape index (κ2) is 7.39. The molecule has 6 heteroatoms. The molecule has 0 spiro atoms. The number of ether oxygens (including phenoxy) is 1. The third-order valence-corrected chi connectivity index (χ3v) is 4.40. The Hall–Kier alpha value is -3.15. The lowest BCUT2D eigenvalue weighted by molar-refractivity contribution is 0.426. The Labute approximate surface area is 151 Å². The van der Waals surface area contributed by atoms with E-state index in [0.29, 0.717) is 5.88 Å². The lowest BCUT2D eigenvalue weighted by Crippen LogP contribution is -2.46. The van der Waals surface area contributed by atoms with Crippen LogP contribution in [0.4, 0.5) is 15.9 Å².